The summed E-state index contributed by atoms with van der Waals surface area (Å²) < 4.78 is 11.0. The van der Waals surface area contributed by atoms with Crippen LogP contribution in [-0.2, 0) is 16.1 Å². The summed E-state index contributed by atoms with van der Waals surface area (Å²) in [6.45, 7) is 6.55. The van der Waals surface area contributed by atoms with Gasteiger partial charge in [-0.1, -0.05) is 23.7 Å². The summed E-state index contributed by atoms with van der Waals surface area (Å²) in [5.41, 5.74) is 0.872. The van der Waals surface area contributed by atoms with E-state index in [1.807, 2.05) is 38.1 Å². The fraction of sp³-hybridized carbons (Fsp3) is 0.562. The van der Waals surface area contributed by atoms with Crippen molar-refractivity contribution in [3.05, 3.63) is 34.9 Å². The molecular weight excluding hydrogens is 429 g/mol. The number of rotatable bonds is 8. The van der Waals surface area contributed by atoms with Crippen LogP contribution < -0.4 is 10.6 Å². The second kappa shape index (κ2) is 11.9. The Morgan fingerprint density at radius 3 is 2.43 bits per heavy atom. The van der Waals surface area contributed by atoms with Crippen molar-refractivity contribution in [1.29, 1.82) is 0 Å². The summed E-state index contributed by atoms with van der Waals surface area (Å²) in [6, 6.07) is 7.65. The molecule has 0 radical (unpaired) electrons. The largest absolute Gasteiger partial charge is 0.377 e. The second-order valence-electron chi connectivity index (χ2n) is 5.50. The van der Waals surface area contributed by atoms with Crippen molar-refractivity contribution in [2.45, 2.75) is 26.1 Å². The normalized spacial score (nSPS) is 11.8. The van der Waals surface area contributed by atoms with E-state index < -0.39 is 0 Å². The summed E-state index contributed by atoms with van der Waals surface area (Å²) in [5.74, 6) is 0.736. The molecule has 1 rings (SSSR count). The molecule has 0 aliphatic carbocycles. The molecule has 0 aromatic heterocycles. The van der Waals surface area contributed by atoms with E-state index >= 15 is 0 Å². The highest BCUT2D eigenvalue weighted by Gasteiger charge is 2.16. The molecular formula is C16H27ClIN3O2. The van der Waals surface area contributed by atoms with Gasteiger partial charge in [-0.3, -0.25) is 4.99 Å². The van der Waals surface area contributed by atoms with Crippen LogP contribution in [0.15, 0.2) is 29.3 Å². The quantitative estimate of drug-likeness (QED) is 0.274. The number of ether oxygens (including phenoxy) is 2. The van der Waals surface area contributed by atoms with Crippen molar-refractivity contribution in [2.24, 2.45) is 4.99 Å². The van der Waals surface area contributed by atoms with Crippen LogP contribution in [0.5, 0.6) is 0 Å². The van der Waals surface area contributed by atoms with Gasteiger partial charge in [-0.15, -0.1) is 24.0 Å². The Morgan fingerprint density at radius 2 is 1.87 bits per heavy atom. The van der Waals surface area contributed by atoms with Gasteiger partial charge in [-0.25, -0.2) is 0 Å². The zero-order valence-corrected chi connectivity index (χ0v) is 17.3. The van der Waals surface area contributed by atoms with Crippen LogP contribution in [0.2, 0.25) is 5.02 Å². The van der Waals surface area contributed by atoms with Gasteiger partial charge in [0.2, 0.25) is 0 Å². The first-order chi connectivity index (χ1) is 10.5. The summed E-state index contributed by atoms with van der Waals surface area (Å²) in [4.78, 5) is 4.16. The first-order valence-electron chi connectivity index (χ1n) is 7.29. The van der Waals surface area contributed by atoms with E-state index in [1.54, 1.807) is 14.2 Å². The number of hydrogen-bond donors (Lipinski definition) is 2. The lowest BCUT2D eigenvalue weighted by Crippen LogP contribution is -2.46. The molecule has 5 nitrogen and oxygen atoms in total. The molecule has 132 valence electrons. The van der Waals surface area contributed by atoms with Gasteiger partial charge in [0, 0.05) is 32.3 Å². The third-order valence-electron chi connectivity index (χ3n) is 3.18. The monoisotopic (exact) mass is 455 g/mol. The minimum absolute atomic E-state index is 0. The molecule has 7 heteroatoms. The SMILES string of the molecule is CN=C(NCCOCc1ccc(Cl)cc1)NCC(C)(C)OC.I. The molecule has 0 fully saturated rings. The lowest BCUT2D eigenvalue weighted by molar-refractivity contribution is 0.0268. The highest BCUT2D eigenvalue weighted by Crippen LogP contribution is 2.10. The number of halogens is 2. The minimum Gasteiger partial charge on any atom is -0.377 e. The molecule has 2 N–H and O–H groups in total. The van der Waals surface area contributed by atoms with Crippen LogP contribution in [0, 0.1) is 0 Å². The fourth-order valence-corrected chi connectivity index (χ4v) is 1.73. The molecule has 0 bridgehead atoms. The number of guanidine groups is 1. The van der Waals surface area contributed by atoms with Gasteiger partial charge in [0.25, 0.3) is 0 Å². The van der Waals surface area contributed by atoms with E-state index in [2.05, 4.69) is 15.6 Å². The molecule has 0 unspecified atom stereocenters. The van der Waals surface area contributed by atoms with Crippen molar-refractivity contribution in [3.63, 3.8) is 0 Å². The summed E-state index contributed by atoms with van der Waals surface area (Å²) in [6.07, 6.45) is 0. The Hall–Kier alpha value is -0.570. The predicted molar refractivity (Wildman–Crippen MR) is 107 cm³/mol. The Kier molecular flexibility index (Phi) is 11.6. The van der Waals surface area contributed by atoms with Crippen molar-refractivity contribution in [2.75, 3.05) is 33.9 Å². The van der Waals surface area contributed by atoms with Gasteiger partial charge in [-0.05, 0) is 31.5 Å². The van der Waals surface area contributed by atoms with Gasteiger partial charge in [0.05, 0.1) is 18.8 Å². The lowest BCUT2D eigenvalue weighted by Gasteiger charge is -2.24. The number of nitrogens with one attached hydrogen (secondary N) is 2. The lowest BCUT2D eigenvalue weighted by atomic mass is 10.1. The average molecular weight is 456 g/mol. The minimum atomic E-state index is -0.233. The molecule has 0 aliphatic rings. The molecule has 0 saturated carbocycles. The van der Waals surface area contributed by atoms with Gasteiger partial charge in [0.1, 0.15) is 0 Å². The third-order valence-corrected chi connectivity index (χ3v) is 3.43. The molecule has 0 heterocycles. The predicted octanol–water partition coefficient (Wildman–Crippen LogP) is 3.06. The number of aliphatic imine (C=N–C) groups is 1. The Bertz CT molecular complexity index is 467. The van der Waals surface area contributed by atoms with E-state index in [0.29, 0.717) is 26.3 Å². The number of nitrogens with zero attached hydrogens (tertiary/aromatic N) is 1. The van der Waals surface area contributed by atoms with Crippen molar-refractivity contribution in [1.82, 2.24) is 10.6 Å². The van der Waals surface area contributed by atoms with E-state index in [1.165, 1.54) is 0 Å². The van der Waals surface area contributed by atoms with Gasteiger partial charge in [-0.2, -0.15) is 0 Å². The maximum atomic E-state index is 5.84. The number of methoxy groups -OCH3 is 1. The van der Waals surface area contributed by atoms with Gasteiger partial charge < -0.3 is 20.1 Å². The molecule has 0 aliphatic heterocycles. The van der Waals surface area contributed by atoms with E-state index in [9.17, 15) is 0 Å². The summed E-state index contributed by atoms with van der Waals surface area (Å²) in [5, 5.41) is 7.15. The standard InChI is InChI=1S/C16H26ClN3O2.HI/c1-16(2,21-4)12-20-15(18-3)19-9-10-22-11-13-5-7-14(17)8-6-13;/h5-8H,9-12H2,1-4H3,(H2,18,19,20);1H. The highest BCUT2D eigenvalue weighted by molar-refractivity contribution is 14.0. The van der Waals surface area contributed by atoms with Crippen LogP contribution in [0.3, 0.4) is 0 Å². The number of benzene rings is 1. The van der Waals surface area contributed by atoms with Crippen molar-refractivity contribution in [3.8, 4) is 0 Å². The topological polar surface area (TPSA) is 54.9 Å². The molecule has 1 aromatic carbocycles. The third kappa shape index (κ3) is 10.0. The van der Waals surface area contributed by atoms with Gasteiger partial charge >= 0.3 is 0 Å². The van der Waals surface area contributed by atoms with E-state index in [-0.39, 0.29) is 29.6 Å². The molecule has 0 saturated heterocycles. The van der Waals surface area contributed by atoms with Crippen LogP contribution in [-0.4, -0.2) is 45.4 Å². The Morgan fingerprint density at radius 1 is 1.22 bits per heavy atom. The fourth-order valence-electron chi connectivity index (χ4n) is 1.60. The molecule has 0 amide bonds. The zero-order chi connectivity index (χ0) is 16.4. The second-order valence-corrected chi connectivity index (χ2v) is 5.93. The molecule has 1 aromatic rings. The van der Waals surface area contributed by atoms with Crippen LogP contribution in [0.4, 0.5) is 0 Å². The maximum absolute atomic E-state index is 5.84. The Balaban J connectivity index is 0.00000484. The van der Waals surface area contributed by atoms with Crippen LogP contribution >= 0.6 is 35.6 Å². The summed E-state index contributed by atoms with van der Waals surface area (Å²) in [7, 11) is 3.44. The first kappa shape index (κ1) is 22.4. The van der Waals surface area contributed by atoms with Crippen molar-refractivity contribution < 1.29 is 9.47 Å². The van der Waals surface area contributed by atoms with E-state index in [4.69, 9.17) is 21.1 Å². The first-order valence-corrected chi connectivity index (χ1v) is 7.66. The summed E-state index contributed by atoms with van der Waals surface area (Å²) >= 11 is 5.84. The van der Waals surface area contributed by atoms with Crippen LogP contribution in [0.25, 0.3) is 0 Å². The van der Waals surface area contributed by atoms with E-state index in [0.717, 1.165) is 16.5 Å². The Labute approximate surface area is 161 Å². The number of hydrogen-bond acceptors (Lipinski definition) is 3. The molecule has 0 atom stereocenters. The molecule has 23 heavy (non-hydrogen) atoms. The average Bonchev–Trinajstić information content (AvgIpc) is 2.51. The van der Waals surface area contributed by atoms with Crippen molar-refractivity contribution >= 4 is 41.5 Å². The van der Waals surface area contributed by atoms with Gasteiger partial charge in [0.15, 0.2) is 5.96 Å². The maximum Gasteiger partial charge on any atom is 0.191 e. The molecule has 0 spiro atoms. The van der Waals surface area contributed by atoms with Crippen LogP contribution in [0.1, 0.15) is 19.4 Å². The highest BCUT2D eigenvalue weighted by atomic mass is 127. The zero-order valence-electron chi connectivity index (χ0n) is 14.2. The smallest absolute Gasteiger partial charge is 0.191 e.